The van der Waals surface area contributed by atoms with Gasteiger partial charge in [0.25, 0.3) is 0 Å². The Morgan fingerprint density at radius 3 is 1.27 bits per heavy atom. The van der Waals surface area contributed by atoms with Crippen LogP contribution in [0.5, 0.6) is 0 Å². The molecule has 3 N–H and O–H groups in total. The Balaban J connectivity index is 0.000000110. The normalized spacial score (nSPS) is 40.7. The molecule has 24 aliphatic carbocycles. The van der Waals surface area contributed by atoms with E-state index >= 15 is 0 Å². The quantitative estimate of drug-likeness (QED) is 0.0482. The average molecular weight is 1880 g/mol. The molecule has 0 saturated heterocycles. The largest absolute Gasteiger partial charge is 1.00 e. The number of carbonyl (C=O) groups excluding carboxylic acids is 5. The van der Waals surface area contributed by atoms with Crippen molar-refractivity contribution in [3.8, 4) is 0 Å². The van der Waals surface area contributed by atoms with Crippen molar-refractivity contribution in [3.63, 3.8) is 0 Å². The molecular weight excluding hydrogens is 1730 g/mol. The fourth-order valence-electron chi connectivity index (χ4n) is 36.2. The second-order valence-corrected chi connectivity index (χ2v) is 49.6. The molecule has 24 aliphatic rings. The molecule has 722 valence electrons. The van der Waals surface area contributed by atoms with Gasteiger partial charge in [-0.1, -0.05) is 212 Å². The summed E-state index contributed by atoms with van der Waals surface area (Å²) in [6.45, 7) is 9.37. The number of hydrogen-bond donors (Lipinski definition) is 2. The molecule has 7 aromatic rings. The predicted molar refractivity (Wildman–Crippen MR) is 541 cm³/mol. The van der Waals surface area contributed by atoms with Gasteiger partial charge in [0, 0.05) is 45.3 Å². The first-order valence-corrected chi connectivity index (χ1v) is 54.3. The number of hydrogen-bond acceptors (Lipinski definition) is 8. The van der Waals surface area contributed by atoms with Crippen LogP contribution >= 0.6 is 23.2 Å². The second kappa shape index (κ2) is 42.8. The van der Waals surface area contributed by atoms with Crippen LogP contribution in [0.3, 0.4) is 0 Å². The summed E-state index contributed by atoms with van der Waals surface area (Å²) in [5.41, 5.74) is 9.27. The van der Waals surface area contributed by atoms with Crippen molar-refractivity contribution in [1.29, 1.82) is 0 Å². The van der Waals surface area contributed by atoms with Gasteiger partial charge in [0.1, 0.15) is 28.9 Å². The summed E-state index contributed by atoms with van der Waals surface area (Å²) < 4.78 is 0. The van der Waals surface area contributed by atoms with Gasteiger partial charge in [-0.05, 0) is 446 Å². The Labute approximate surface area is 847 Å². The third-order valence-corrected chi connectivity index (χ3v) is 42.1. The fourth-order valence-corrected chi connectivity index (χ4v) is 37.2. The van der Waals surface area contributed by atoms with Crippen LogP contribution in [0, 0.1) is 195 Å². The first-order chi connectivity index (χ1) is 64.3. The minimum Gasteiger partial charge on any atom is -0.870 e. The Hall–Kier alpha value is -6.14. The molecule has 7 aromatic carbocycles. The molecule has 9 nitrogen and oxygen atoms in total. The van der Waals surface area contributed by atoms with E-state index in [0.717, 1.165) is 130 Å². The van der Waals surface area contributed by atoms with Gasteiger partial charge in [0.15, 0.2) is 0 Å². The van der Waals surface area contributed by atoms with Gasteiger partial charge in [-0.2, -0.15) is 0 Å². The molecule has 0 spiro atoms. The van der Waals surface area contributed by atoms with Crippen LogP contribution in [0.4, 0.5) is 0 Å². The average Bonchev–Trinajstić information content (AvgIpc) is 1.59. The summed E-state index contributed by atoms with van der Waals surface area (Å²) in [5, 5.41) is 21.2. The van der Waals surface area contributed by atoms with Crippen LogP contribution in [0.1, 0.15) is 259 Å². The number of ketones is 5. The van der Waals surface area contributed by atoms with Crippen molar-refractivity contribution in [3.05, 3.63) is 259 Å². The third kappa shape index (κ3) is 20.5. The Morgan fingerprint density at radius 1 is 0.353 bits per heavy atom. The number of carboxylic acid groups (broad SMARTS) is 1. The third-order valence-electron chi connectivity index (χ3n) is 41.3. The van der Waals surface area contributed by atoms with Crippen molar-refractivity contribution in [1.82, 2.24) is 0 Å². The van der Waals surface area contributed by atoms with E-state index in [1.807, 2.05) is 13.8 Å². The number of fused-ring (bicyclic) bond motifs is 4. The van der Waals surface area contributed by atoms with Crippen LogP contribution in [-0.2, 0) is 67.3 Å². The van der Waals surface area contributed by atoms with Gasteiger partial charge in [-0.3, -0.25) is 28.8 Å². The molecule has 36 atom stereocenters. The summed E-state index contributed by atoms with van der Waals surface area (Å²) in [6, 6.07) is 75.1. The maximum atomic E-state index is 12.4. The molecule has 0 heterocycles. The molecule has 24 bridgehead atoms. The number of carbonyl (C=O) groups is 6. The van der Waals surface area contributed by atoms with Gasteiger partial charge >= 0.3 is 35.5 Å². The van der Waals surface area contributed by atoms with Crippen molar-refractivity contribution >= 4 is 58.1 Å². The maximum Gasteiger partial charge on any atom is 1.00 e. The smallest absolute Gasteiger partial charge is 0.870 e. The number of aliphatic carboxylic acids is 1. The van der Waals surface area contributed by atoms with Crippen LogP contribution in [0.15, 0.2) is 212 Å². The van der Waals surface area contributed by atoms with E-state index < -0.39 is 11.6 Å². The first kappa shape index (κ1) is 101. The van der Waals surface area contributed by atoms with E-state index in [2.05, 4.69) is 219 Å². The van der Waals surface area contributed by atoms with E-state index in [1.165, 1.54) is 180 Å². The predicted octanol–water partition coefficient (Wildman–Crippen LogP) is 24.4. The number of carboxylic acids is 1. The van der Waals surface area contributed by atoms with Crippen LogP contribution < -0.4 is 29.6 Å². The number of aliphatic hydroxyl groups is 1. The van der Waals surface area contributed by atoms with Crippen molar-refractivity contribution in [2.24, 2.45) is 188 Å². The number of halogens is 2. The van der Waals surface area contributed by atoms with Gasteiger partial charge in [0.2, 0.25) is 0 Å². The van der Waals surface area contributed by atoms with E-state index in [0.29, 0.717) is 153 Å². The van der Waals surface area contributed by atoms with E-state index in [4.69, 9.17) is 23.2 Å². The minimum atomic E-state index is -0.514. The van der Waals surface area contributed by atoms with E-state index in [-0.39, 0.29) is 70.0 Å². The fraction of sp³-hybridized carbons (Fsp3) is 0.605. The van der Waals surface area contributed by atoms with Crippen molar-refractivity contribution in [2.75, 3.05) is 0 Å². The molecule has 31 rings (SSSR count). The Morgan fingerprint density at radius 2 is 0.757 bits per heavy atom. The molecule has 12 heteroatoms. The zero-order valence-electron chi connectivity index (χ0n) is 82.8. The molecule has 0 radical (unpaired) electrons. The standard InChI is InChI=1S/2C18H23ClO.C18H24O.2C18H22O.C17H20O2.C16H18O.CH3.Na.H2O/c1-12(20)17-10-14-7-15(11-16(19)8-14)18(17)9-13-5-3-2-4-6-13;1-12(20)15-7-14-8-16(11-15)17(18(19)10-14)9-13-5-3-2-4-6-13;1-18(19)15-8-13-7-14(11-15)16(17(18)10-13)9-12-5-3-2-4-6-12;1-12(19)18-11-14-7-15(10-16(18)8-14)17(18)9-13-5-3-2-4-6-13;1-12(19)18-10-14-7-15(11-18)16(17(18)9-14)8-13-5-3-2-4-6-13;18-16(19)17-9-12-6-13(10-17)14(15(17)8-12)7-11-4-2-1-3-5-11;17-16-13-7-10-6-12(9-13)15(14(16)8-10)11-4-2-1-3-5-11;;;/h2*2-6,14-18H,7-11H2,1H3;2-6,13-17,19H,7-11H2,1H3;2*2-6,14-17H,7-11H2,1H3;1-5,12-15H,6-10H2,(H,18,19);1-5,10,12-15H,6-9H2;1H3;;1H2/q;;;;;;;-1;+1;/p-1. The zero-order valence-corrected chi connectivity index (χ0v) is 86.3. The van der Waals surface area contributed by atoms with Crippen LogP contribution in [0.2, 0.25) is 0 Å². The number of benzene rings is 7. The number of Topliss-reactive ketones (excluding diaryl/α,β-unsaturated/α-hetero) is 5. The molecule has 24 fully saturated rings. The Kier molecular flexibility index (Phi) is 31.9. The van der Waals surface area contributed by atoms with Gasteiger partial charge < -0.3 is 23.1 Å². The van der Waals surface area contributed by atoms with Crippen molar-refractivity contribution < 1.29 is 74.0 Å². The summed E-state index contributed by atoms with van der Waals surface area (Å²) in [5.74, 6) is 21.2. The summed E-state index contributed by atoms with van der Waals surface area (Å²) in [7, 11) is 0. The number of rotatable bonds is 18. The number of alkyl halides is 2. The SMILES string of the molecule is CC(=O)C12CC3CC(C1)C(Cc1ccccc1)C2C3.CC(=O)C12CC3CC(CC1C3)C2Cc1ccccc1.CC(=O)C1CC2CC(Cl)C(Cc3ccccc3)C(C2)C1.CC(=O)C1CC2CC(Cl)CC(C2)C1Cc1ccccc1.CC1(O)C2CC3CC(C2)C(Cc2ccccc2)C1C3.O=C(O)C12CC3CC(C1)C(Cc1ccccc1)C2C3.O=C1C2CC3CC(C2)C(c2ccccc2)C1C3.[CH3-].[Na+].[OH-]. The summed E-state index contributed by atoms with van der Waals surface area (Å²) in [4.78, 5) is 72.6. The van der Waals surface area contributed by atoms with Crippen molar-refractivity contribution in [2.45, 2.75) is 275 Å². The zero-order chi connectivity index (χ0) is 91.8. The topological polar surface area (TPSA) is 173 Å². The second-order valence-electron chi connectivity index (χ2n) is 48.4. The molecule has 0 amide bonds. The molecule has 0 aliphatic heterocycles. The van der Waals surface area contributed by atoms with Gasteiger partial charge in [-0.15, -0.1) is 23.2 Å². The molecule has 136 heavy (non-hydrogen) atoms. The summed E-state index contributed by atoms with van der Waals surface area (Å²) >= 11 is 13.1. The molecule has 0 aromatic heterocycles. The van der Waals surface area contributed by atoms with E-state index in [1.54, 1.807) is 13.8 Å². The Bertz CT molecular complexity index is 5090. The molecular formula is C124H156Cl2NaO9-. The van der Waals surface area contributed by atoms with Crippen LogP contribution in [-0.4, -0.2) is 66.9 Å². The van der Waals surface area contributed by atoms with Gasteiger partial charge in [-0.25, -0.2) is 0 Å². The van der Waals surface area contributed by atoms with Gasteiger partial charge in [0.05, 0.1) is 11.0 Å². The molecule has 24 saturated carbocycles. The first-order valence-electron chi connectivity index (χ1n) is 53.4. The van der Waals surface area contributed by atoms with Crippen LogP contribution in [0.25, 0.3) is 0 Å². The molecule has 36 unspecified atom stereocenters. The monoisotopic (exact) mass is 1880 g/mol. The van der Waals surface area contributed by atoms with E-state index in [9.17, 15) is 39.0 Å². The minimum absolute atomic E-state index is 0. The summed E-state index contributed by atoms with van der Waals surface area (Å²) in [6.07, 6.45) is 40.6. The maximum absolute atomic E-state index is 12.4.